The van der Waals surface area contributed by atoms with Crippen LogP contribution in [0.2, 0.25) is 5.02 Å². The standard InChI is InChI=1S/C18H14ClFO4/c1-9(21)15-12-7-6-10(19)8-13(12)11-4-3-5-14(20)16(11)18(15,23)17(22)24-2/h3-8,15,23H,1-2H3. The monoisotopic (exact) mass is 348 g/mol. The molecule has 0 aliphatic heterocycles. The first-order valence-electron chi connectivity index (χ1n) is 7.22. The van der Waals surface area contributed by atoms with Gasteiger partial charge in [0.2, 0.25) is 5.60 Å². The van der Waals surface area contributed by atoms with Crippen LogP contribution < -0.4 is 0 Å². The molecule has 0 aromatic heterocycles. The number of hydrogen-bond donors (Lipinski definition) is 1. The minimum absolute atomic E-state index is 0.271. The van der Waals surface area contributed by atoms with Gasteiger partial charge in [0.05, 0.1) is 13.0 Å². The second-order valence-electron chi connectivity index (χ2n) is 5.70. The van der Waals surface area contributed by atoms with E-state index in [0.29, 0.717) is 21.7 Å². The zero-order valence-corrected chi connectivity index (χ0v) is 13.7. The van der Waals surface area contributed by atoms with E-state index < -0.39 is 29.1 Å². The lowest BCUT2D eigenvalue weighted by Crippen LogP contribution is -2.48. The molecule has 2 aromatic carbocycles. The first-order chi connectivity index (χ1) is 11.3. The molecule has 2 atom stereocenters. The van der Waals surface area contributed by atoms with Crippen LogP contribution in [0.15, 0.2) is 36.4 Å². The van der Waals surface area contributed by atoms with Crippen molar-refractivity contribution in [1.29, 1.82) is 0 Å². The molecule has 0 heterocycles. The number of carbonyl (C=O) groups excluding carboxylic acids is 2. The molecule has 0 spiro atoms. The molecule has 6 heteroatoms. The zero-order chi connectivity index (χ0) is 17.6. The van der Waals surface area contributed by atoms with Crippen LogP contribution in [0.4, 0.5) is 4.39 Å². The molecule has 0 bridgehead atoms. The zero-order valence-electron chi connectivity index (χ0n) is 13.0. The molecule has 0 amide bonds. The molecule has 0 radical (unpaired) electrons. The summed E-state index contributed by atoms with van der Waals surface area (Å²) in [6.07, 6.45) is 0. The lowest BCUT2D eigenvalue weighted by Gasteiger charge is -2.39. The summed E-state index contributed by atoms with van der Waals surface area (Å²) < 4.78 is 19.3. The predicted octanol–water partition coefficient (Wildman–Crippen LogP) is 3.19. The maximum absolute atomic E-state index is 14.6. The summed E-state index contributed by atoms with van der Waals surface area (Å²) >= 11 is 6.04. The van der Waals surface area contributed by atoms with Crippen LogP contribution in [0.5, 0.6) is 0 Å². The van der Waals surface area contributed by atoms with Gasteiger partial charge in [-0.1, -0.05) is 29.8 Å². The summed E-state index contributed by atoms with van der Waals surface area (Å²) in [4.78, 5) is 24.7. The van der Waals surface area contributed by atoms with Crippen molar-refractivity contribution in [3.8, 4) is 11.1 Å². The lowest BCUT2D eigenvalue weighted by atomic mass is 9.67. The number of halogens is 2. The van der Waals surface area contributed by atoms with Gasteiger partial charge in [0, 0.05) is 10.6 Å². The highest BCUT2D eigenvalue weighted by Gasteiger charge is 2.55. The van der Waals surface area contributed by atoms with Gasteiger partial charge in [0.15, 0.2) is 0 Å². The SMILES string of the molecule is COC(=O)C1(O)c2c(F)cccc2-c2cc(Cl)ccc2C1C(C)=O. The van der Waals surface area contributed by atoms with Crippen molar-refractivity contribution in [2.24, 2.45) is 0 Å². The highest BCUT2D eigenvalue weighted by Crippen LogP contribution is 2.51. The number of rotatable bonds is 2. The van der Waals surface area contributed by atoms with E-state index >= 15 is 0 Å². The molecule has 1 aliphatic carbocycles. The summed E-state index contributed by atoms with van der Waals surface area (Å²) in [5.74, 6) is -3.66. The van der Waals surface area contributed by atoms with Crippen molar-refractivity contribution < 1.29 is 23.8 Å². The normalized spacial score (nSPS) is 21.6. The van der Waals surface area contributed by atoms with Crippen molar-refractivity contribution in [3.63, 3.8) is 0 Å². The molecule has 124 valence electrons. The molecule has 0 saturated heterocycles. The Labute approximate surface area is 142 Å². The number of carbonyl (C=O) groups is 2. The third kappa shape index (κ3) is 2.16. The van der Waals surface area contributed by atoms with Crippen LogP contribution in [0, 0.1) is 5.82 Å². The van der Waals surface area contributed by atoms with Crippen molar-refractivity contribution in [2.45, 2.75) is 18.4 Å². The van der Waals surface area contributed by atoms with Gasteiger partial charge >= 0.3 is 5.97 Å². The predicted molar refractivity (Wildman–Crippen MR) is 86.2 cm³/mol. The van der Waals surface area contributed by atoms with E-state index in [1.807, 2.05) is 0 Å². The summed E-state index contributed by atoms with van der Waals surface area (Å²) in [5, 5.41) is 11.5. The molecule has 4 nitrogen and oxygen atoms in total. The number of esters is 1. The average molecular weight is 349 g/mol. The molecule has 24 heavy (non-hydrogen) atoms. The Kier molecular flexibility index (Phi) is 3.94. The van der Waals surface area contributed by atoms with Gasteiger partial charge in [-0.3, -0.25) is 4.79 Å². The van der Waals surface area contributed by atoms with E-state index in [2.05, 4.69) is 4.74 Å². The van der Waals surface area contributed by atoms with E-state index in [1.165, 1.54) is 13.0 Å². The fourth-order valence-electron chi connectivity index (χ4n) is 3.41. The number of hydrogen-bond acceptors (Lipinski definition) is 4. The summed E-state index contributed by atoms with van der Waals surface area (Å²) in [6, 6.07) is 8.85. The third-order valence-corrected chi connectivity index (χ3v) is 4.57. The number of ketones is 1. The Hall–Kier alpha value is -2.24. The molecule has 2 unspecified atom stereocenters. The van der Waals surface area contributed by atoms with E-state index in [0.717, 1.165) is 13.2 Å². The van der Waals surface area contributed by atoms with Gasteiger partial charge in [0.25, 0.3) is 0 Å². The fraction of sp³-hybridized carbons (Fsp3) is 0.222. The molecule has 1 aliphatic rings. The maximum atomic E-state index is 14.6. The van der Waals surface area contributed by atoms with E-state index in [-0.39, 0.29) is 5.56 Å². The van der Waals surface area contributed by atoms with Crippen molar-refractivity contribution >= 4 is 23.4 Å². The quantitative estimate of drug-likeness (QED) is 0.847. The molecule has 0 fully saturated rings. The number of Topliss-reactive ketones (excluding diaryl/α,β-unsaturated/α-hetero) is 1. The van der Waals surface area contributed by atoms with Crippen LogP contribution in [-0.2, 0) is 19.9 Å². The van der Waals surface area contributed by atoms with E-state index in [9.17, 15) is 19.1 Å². The molecule has 0 saturated carbocycles. The lowest BCUT2D eigenvalue weighted by molar-refractivity contribution is -0.169. The summed E-state index contributed by atoms with van der Waals surface area (Å²) in [7, 11) is 1.08. The average Bonchev–Trinajstić information content (AvgIpc) is 2.54. The highest BCUT2D eigenvalue weighted by molar-refractivity contribution is 6.31. The van der Waals surface area contributed by atoms with Gasteiger partial charge in [-0.25, -0.2) is 9.18 Å². The Morgan fingerprint density at radius 3 is 2.58 bits per heavy atom. The van der Waals surface area contributed by atoms with Gasteiger partial charge < -0.3 is 9.84 Å². The van der Waals surface area contributed by atoms with E-state index in [4.69, 9.17) is 11.6 Å². The Balaban J connectivity index is 2.47. The first kappa shape index (κ1) is 16.6. The van der Waals surface area contributed by atoms with Gasteiger partial charge in [-0.05, 0) is 41.8 Å². The van der Waals surface area contributed by atoms with Crippen LogP contribution >= 0.6 is 11.6 Å². The van der Waals surface area contributed by atoms with E-state index in [1.54, 1.807) is 24.3 Å². The number of benzene rings is 2. The van der Waals surface area contributed by atoms with Crippen LogP contribution in [0.3, 0.4) is 0 Å². The van der Waals surface area contributed by atoms with Gasteiger partial charge in [-0.2, -0.15) is 0 Å². The number of aliphatic hydroxyl groups is 1. The molecule has 3 rings (SSSR count). The number of ether oxygens (including phenoxy) is 1. The first-order valence-corrected chi connectivity index (χ1v) is 7.60. The topological polar surface area (TPSA) is 63.6 Å². The number of methoxy groups -OCH3 is 1. The largest absolute Gasteiger partial charge is 0.467 e. The second kappa shape index (κ2) is 5.69. The molecular weight excluding hydrogens is 335 g/mol. The summed E-state index contributed by atoms with van der Waals surface area (Å²) in [6.45, 7) is 1.24. The summed E-state index contributed by atoms with van der Waals surface area (Å²) in [5.41, 5.74) is -1.50. The molecule has 2 aromatic rings. The van der Waals surface area contributed by atoms with Crippen molar-refractivity contribution in [2.75, 3.05) is 7.11 Å². The highest BCUT2D eigenvalue weighted by atomic mass is 35.5. The third-order valence-electron chi connectivity index (χ3n) is 4.33. The maximum Gasteiger partial charge on any atom is 0.343 e. The van der Waals surface area contributed by atoms with Gasteiger partial charge in [-0.15, -0.1) is 0 Å². The van der Waals surface area contributed by atoms with Crippen LogP contribution in [0.1, 0.15) is 24.0 Å². The minimum atomic E-state index is -2.44. The van der Waals surface area contributed by atoms with Crippen molar-refractivity contribution in [3.05, 3.63) is 58.4 Å². The number of fused-ring (bicyclic) bond motifs is 3. The molecular formula is C18H14ClFO4. The van der Waals surface area contributed by atoms with Crippen molar-refractivity contribution in [1.82, 2.24) is 0 Å². The smallest absolute Gasteiger partial charge is 0.343 e. The van der Waals surface area contributed by atoms with Crippen LogP contribution in [-0.4, -0.2) is 24.0 Å². The van der Waals surface area contributed by atoms with Crippen LogP contribution in [0.25, 0.3) is 11.1 Å². The fourth-order valence-corrected chi connectivity index (χ4v) is 3.58. The Morgan fingerprint density at radius 2 is 1.96 bits per heavy atom. The molecule has 1 N–H and O–H groups in total. The Bertz CT molecular complexity index is 864. The Morgan fingerprint density at radius 1 is 1.25 bits per heavy atom. The van der Waals surface area contributed by atoms with Gasteiger partial charge in [0.1, 0.15) is 11.6 Å². The second-order valence-corrected chi connectivity index (χ2v) is 6.13. The minimum Gasteiger partial charge on any atom is -0.467 e.